The van der Waals surface area contributed by atoms with Crippen LogP contribution in [-0.2, 0) is 0 Å². The van der Waals surface area contributed by atoms with Crippen LogP contribution in [0.5, 0.6) is 0 Å². The number of aromatic nitrogens is 1. The zero-order valence-electron chi connectivity index (χ0n) is 13.9. The third-order valence-electron chi connectivity index (χ3n) is 4.00. The minimum Gasteiger partial charge on any atom is -0.318 e. The first-order valence-corrected chi connectivity index (χ1v) is 9.57. The van der Waals surface area contributed by atoms with Crippen molar-refractivity contribution < 1.29 is 4.79 Å². The maximum atomic E-state index is 12.7. The van der Waals surface area contributed by atoms with E-state index in [-0.39, 0.29) is 5.78 Å². The lowest BCUT2D eigenvalue weighted by atomic mass is 10.2. The van der Waals surface area contributed by atoms with Crippen LogP contribution in [-0.4, -0.2) is 16.1 Å². The summed E-state index contributed by atoms with van der Waals surface area (Å²) in [6.07, 6.45) is 0. The molecule has 1 aromatic heterocycles. The van der Waals surface area contributed by atoms with Gasteiger partial charge >= 0.3 is 0 Å². The molecule has 0 aliphatic rings. The molecule has 0 unspecified atom stereocenters. The third kappa shape index (κ3) is 3.95. The molecule has 3 rings (SSSR count). The number of para-hydroxylation sites is 1. The molecule has 0 spiro atoms. The highest BCUT2D eigenvalue weighted by molar-refractivity contribution is 8.00. The Labute approximate surface area is 161 Å². The summed E-state index contributed by atoms with van der Waals surface area (Å²) < 4.78 is 2.10. The molecule has 0 fully saturated rings. The Hall–Kier alpha value is -1.68. The molecule has 0 bridgehead atoms. The molecule has 0 saturated carbocycles. The minimum atomic E-state index is 0.0799. The van der Waals surface area contributed by atoms with Gasteiger partial charge in [0.25, 0.3) is 0 Å². The number of hydrogen-bond acceptors (Lipinski definition) is 2. The fourth-order valence-electron chi connectivity index (χ4n) is 2.83. The van der Waals surface area contributed by atoms with Gasteiger partial charge in [-0.3, -0.25) is 4.79 Å². The number of benzene rings is 2. The van der Waals surface area contributed by atoms with Crippen molar-refractivity contribution in [2.75, 3.05) is 5.75 Å². The van der Waals surface area contributed by atoms with Gasteiger partial charge in [-0.25, -0.2) is 0 Å². The molecule has 2 aromatic carbocycles. The normalized spacial score (nSPS) is 10.9. The third-order valence-corrected chi connectivity index (χ3v) is 5.73. The van der Waals surface area contributed by atoms with E-state index in [4.69, 9.17) is 23.2 Å². The second-order valence-corrected chi connectivity index (χ2v) is 7.60. The van der Waals surface area contributed by atoms with E-state index in [9.17, 15) is 4.79 Å². The highest BCUT2D eigenvalue weighted by Crippen LogP contribution is 2.31. The van der Waals surface area contributed by atoms with Gasteiger partial charge in [-0.2, -0.15) is 0 Å². The van der Waals surface area contributed by atoms with Crippen LogP contribution < -0.4 is 0 Å². The lowest BCUT2D eigenvalue weighted by molar-refractivity contribution is 0.102. The van der Waals surface area contributed by atoms with Crippen molar-refractivity contribution >= 4 is 40.7 Å². The van der Waals surface area contributed by atoms with Gasteiger partial charge in [-0.1, -0.05) is 41.4 Å². The van der Waals surface area contributed by atoms with Crippen LogP contribution in [0.1, 0.15) is 21.7 Å². The predicted octanol–water partition coefficient (Wildman–Crippen LogP) is 6.38. The lowest BCUT2D eigenvalue weighted by Crippen LogP contribution is -2.05. The maximum absolute atomic E-state index is 12.7. The number of halogens is 2. The Balaban J connectivity index is 1.83. The molecule has 3 aromatic rings. The average molecular weight is 390 g/mol. The van der Waals surface area contributed by atoms with E-state index in [1.165, 1.54) is 11.8 Å². The Morgan fingerprint density at radius 2 is 1.76 bits per heavy atom. The molecule has 0 aliphatic carbocycles. The molecule has 0 amide bonds. The summed E-state index contributed by atoms with van der Waals surface area (Å²) in [4.78, 5) is 13.5. The number of nitrogens with zero attached hydrogens (tertiary/aromatic N) is 1. The number of carbonyl (C=O) groups excluding carboxylic acids is 1. The zero-order valence-corrected chi connectivity index (χ0v) is 16.3. The summed E-state index contributed by atoms with van der Waals surface area (Å²) >= 11 is 13.6. The van der Waals surface area contributed by atoms with E-state index >= 15 is 0 Å². The predicted molar refractivity (Wildman–Crippen MR) is 107 cm³/mol. The van der Waals surface area contributed by atoms with Crippen LogP contribution >= 0.6 is 35.0 Å². The van der Waals surface area contributed by atoms with Gasteiger partial charge in [0.1, 0.15) is 0 Å². The SMILES string of the molecule is Cc1cc(C(=O)CSc2cc(Cl)ccc2Cl)c(C)n1-c1ccccc1. The molecular weight excluding hydrogens is 373 g/mol. The van der Waals surface area contributed by atoms with E-state index in [0.29, 0.717) is 15.8 Å². The van der Waals surface area contributed by atoms with Gasteiger partial charge in [0.05, 0.1) is 10.8 Å². The van der Waals surface area contributed by atoms with Crippen molar-refractivity contribution in [1.29, 1.82) is 0 Å². The van der Waals surface area contributed by atoms with Crippen LogP contribution in [0, 0.1) is 13.8 Å². The summed E-state index contributed by atoms with van der Waals surface area (Å²) in [6.45, 7) is 3.99. The highest BCUT2D eigenvalue weighted by atomic mass is 35.5. The Kier molecular flexibility index (Phi) is 5.57. The quantitative estimate of drug-likeness (QED) is 0.373. The smallest absolute Gasteiger partial charge is 0.174 e. The first-order valence-electron chi connectivity index (χ1n) is 7.83. The van der Waals surface area contributed by atoms with Gasteiger partial charge in [-0.15, -0.1) is 11.8 Å². The van der Waals surface area contributed by atoms with Crippen molar-refractivity contribution in [3.63, 3.8) is 0 Å². The number of rotatable bonds is 5. The van der Waals surface area contributed by atoms with Gasteiger partial charge in [0.15, 0.2) is 5.78 Å². The average Bonchev–Trinajstić information content (AvgIpc) is 2.90. The Morgan fingerprint density at radius 1 is 1.04 bits per heavy atom. The number of aryl methyl sites for hydroxylation is 1. The molecule has 0 aliphatic heterocycles. The standard InChI is InChI=1S/C20H17Cl2NOS/c1-13-10-17(14(2)23(13)16-6-4-3-5-7-16)19(24)12-25-20-11-15(21)8-9-18(20)22/h3-11H,12H2,1-2H3. The molecule has 0 saturated heterocycles. The maximum Gasteiger partial charge on any atom is 0.174 e. The van der Waals surface area contributed by atoms with E-state index < -0.39 is 0 Å². The lowest BCUT2D eigenvalue weighted by Gasteiger charge is -2.09. The fourth-order valence-corrected chi connectivity index (χ4v) is 4.20. The van der Waals surface area contributed by atoms with Crippen LogP contribution in [0.2, 0.25) is 10.0 Å². The first kappa shape index (κ1) is 18.1. The van der Waals surface area contributed by atoms with Gasteiger partial charge in [0, 0.05) is 32.6 Å². The largest absolute Gasteiger partial charge is 0.318 e. The second-order valence-electron chi connectivity index (χ2n) is 5.74. The number of thioether (sulfide) groups is 1. The topological polar surface area (TPSA) is 22.0 Å². The van der Waals surface area contributed by atoms with E-state index in [1.54, 1.807) is 18.2 Å². The number of Topliss-reactive ketones (excluding diaryl/α,β-unsaturated/α-hetero) is 1. The van der Waals surface area contributed by atoms with Crippen LogP contribution in [0.4, 0.5) is 0 Å². The van der Waals surface area contributed by atoms with Gasteiger partial charge in [-0.05, 0) is 50.2 Å². The van der Waals surface area contributed by atoms with Crippen LogP contribution in [0.25, 0.3) is 5.69 Å². The Morgan fingerprint density at radius 3 is 2.48 bits per heavy atom. The molecule has 5 heteroatoms. The van der Waals surface area contributed by atoms with Crippen molar-refractivity contribution in [2.24, 2.45) is 0 Å². The molecule has 25 heavy (non-hydrogen) atoms. The minimum absolute atomic E-state index is 0.0799. The highest BCUT2D eigenvalue weighted by Gasteiger charge is 2.17. The number of carbonyl (C=O) groups is 1. The number of hydrogen-bond donors (Lipinski definition) is 0. The van der Waals surface area contributed by atoms with Crippen LogP contribution in [0.15, 0.2) is 59.5 Å². The molecule has 128 valence electrons. The summed E-state index contributed by atoms with van der Waals surface area (Å²) in [6, 6.07) is 17.3. The first-order chi connectivity index (χ1) is 12.0. The van der Waals surface area contributed by atoms with E-state index in [2.05, 4.69) is 4.57 Å². The zero-order chi connectivity index (χ0) is 18.0. The molecule has 0 radical (unpaired) electrons. The fraction of sp³-hybridized carbons (Fsp3) is 0.150. The van der Waals surface area contributed by atoms with Crippen molar-refractivity contribution in [1.82, 2.24) is 4.57 Å². The van der Waals surface area contributed by atoms with Crippen LogP contribution in [0.3, 0.4) is 0 Å². The van der Waals surface area contributed by atoms with E-state index in [1.807, 2.05) is 50.2 Å². The molecule has 0 N–H and O–H groups in total. The molecule has 0 atom stereocenters. The molecular formula is C20H17Cl2NOS. The van der Waals surface area contributed by atoms with Gasteiger partial charge in [0.2, 0.25) is 0 Å². The van der Waals surface area contributed by atoms with Crippen molar-refractivity contribution in [3.8, 4) is 5.69 Å². The van der Waals surface area contributed by atoms with Gasteiger partial charge < -0.3 is 4.57 Å². The second kappa shape index (κ2) is 7.69. The summed E-state index contributed by atoms with van der Waals surface area (Å²) in [5.74, 6) is 0.399. The molecule has 2 nitrogen and oxygen atoms in total. The monoisotopic (exact) mass is 389 g/mol. The Bertz CT molecular complexity index is 919. The van der Waals surface area contributed by atoms with Crippen molar-refractivity contribution in [3.05, 3.63) is 81.6 Å². The summed E-state index contributed by atoms with van der Waals surface area (Å²) in [5.41, 5.74) is 3.79. The molecule has 1 heterocycles. The summed E-state index contributed by atoms with van der Waals surface area (Å²) in [5, 5.41) is 1.22. The number of ketones is 1. The van der Waals surface area contributed by atoms with E-state index in [0.717, 1.165) is 27.5 Å². The summed E-state index contributed by atoms with van der Waals surface area (Å²) in [7, 11) is 0. The van der Waals surface area contributed by atoms with Crippen molar-refractivity contribution in [2.45, 2.75) is 18.7 Å².